The highest BCUT2D eigenvalue weighted by Crippen LogP contribution is 2.26. The van der Waals surface area contributed by atoms with E-state index in [4.69, 9.17) is 9.84 Å². The van der Waals surface area contributed by atoms with Crippen LogP contribution in [0.1, 0.15) is 48.6 Å². The maximum Gasteiger partial charge on any atom is 0.115 e. The van der Waals surface area contributed by atoms with E-state index < -0.39 is 0 Å². The van der Waals surface area contributed by atoms with Crippen LogP contribution in [0.4, 0.5) is 0 Å². The minimum absolute atomic E-state index is 0.0226. The molecule has 3 aromatic rings. The van der Waals surface area contributed by atoms with Crippen molar-refractivity contribution in [1.82, 2.24) is 29.6 Å². The van der Waals surface area contributed by atoms with Crippen LogP contribution in [0.15, 0.2) is 37.1 Å². The van der Waals surface area contributed by atoms with Crippen molar-refractivity contribution in [3.63, 3.8) is 0 Å². The molecular formula is C22H28N6O. The monoisotopic (exact) mass is 392 g/mol. The fraction of sp³-hybridized carbons (Fsp3) is 0.455. The lowest BCUT2D eigenvalue weighted by atomic mass is 10.1. The second kappa shape index (κ2) is 8.39. The minimum Gasteiger partial charge on any atom is -0.369 e. The quantitative estimate of drug-likeness (QED) is 0.662. The van der Waals surface area contributed by atoms with Gasteiger partial charge in [0.25, 0.3) is 0 Å². The van der Waals surface area contributed by atoms with Gasteiger partial charge in [-0.1, -0.05) is 6.07 Å². The Balaban J connectivity index is 1.46. The Kier molecular flexibility index (Phi) is 5.69. The van der Waals surface area contributed by atoms with E-state index in [0.29, 0.717) is 12.6 Å². The molecule has 7 heteroatoms. The third-order valence-electron chi connectivity index (χ3n) is 5.51. The highest BCUT2D eigenvalue weighted by molar-refractivity contribution is 5.60. The number of morpholine rings is 1. The highest BCUT2D eigenvalue weighted by atomic mass is 16.5. The molecule has 0 N–H and O–H groups in total. The highest BCUT2D eigenvalue weighted by Gasteiger charge is 2.25. The Hall–Kier alpha value is -2.64. The second-order valence-electron chi connectivity index (χ2n) is 7.88. The summed E-state index contributed by atoms with van der Waals surface area (Å²) in [6.07, 6.45) is 6.97. The van der Waals surface area contributed by atoms with Crippen LogP contribution in [-0.2, 0) is 11.3 Å². The van der Waals surface area contributed by atoms with Crippen LogP contribution in [0, 0.1) is 13.8 Å². The Labute approximate surface area is 171 Å². The molecule has 0 unspecified atom stereocenters. The molecule has 0 saturated carbocycles. The number of pyridine rings is 1. The summed E-state index contributed by atoms with van der Waals surface area (Å²) in [5, 5.41) is 4.73. The Morgan fingerprint density at radius 3 is 2.55 bits per heavy atom. The Morgan fingerprint density at radius 1 is 1.10 bits per heavy atom. The fourth-order valence-corrected chi connectivity index (χ4v) is 3.89. The van der Waals surface area contributed by atoms with E-state index in [1.165, 1.54) is 17.6 Å². The normalized spacial score (nSPS) is 17.8. The lowest BCUT2D eigenvalue weighted by Crippen LogP contribution is -2.38. The van der Waals surface area contributed by atoms with Gasteiger partial charge in [0.2, 0.25) is 0 Å². The van der Waals surface area contributed by atoms with E-state index in [1.54, 1.807) is 12.4 Å². The van der Waals surface area contributed by atoms with Crippen LogP contribution in [0.3, 0.4) is 0 Å². The molecule has 0 aliphatic carbocycles. The van der Waals surface area contributed by atoms with Gasteiger partial charge in [0.05, 0.1) is 18.0 Å². The lowest BCUT2D eigenvalue weighted by Gasteiger charge is -2.32. The number of hydrogen-bond donors (Lipinski definition) is 0. The molecule has 1 fully saturated rings. The minimum atomic E-state index is -0.0226. The molecular weight excluding hydrogens is 364 g/mol. The number of hydrogen-bond acceptors (Lipinski definition) is 6. The number of nitrogens with zero attached hydrogens (tertiary/aromatic N) is 6. The van der Waals surface area contributed by atoms with Crippen molar-refractivity contribution in [3.05, 3.63) is 59.7 Å². The molecule has 0 aromatic carbocycles. The Bertz CT molecular complexity index is 951. The SMILES string of the molecule is Cc1nn(C(C)C)c(C)c1CN1CCO[C@H](c2ccc(-c3cncnc3)cn2)C1. The lowest BCUT2D eigenvalue weighted by molar-refractivity contribution is -0.0351. The zero-order chi connectivity index (χ0) is 20.4. The van der Waals surface area contributed by atoms with Gasteiger partial charge >= 0.3 is 0 Å². The van der Waals surface area contributed by atoms with Crippen molar-refractivity contribution in [1.29, 1.82) is 0 Å². The van der Waals surface area contributed by atoms with Crippen LogP contribution < -0.4 is 0 Å². The number of ether oxygens (including phenoxy) is 1. The van der Waals surface area contributed by atoms with Gasteiger partial charge in [-0.2, -0.15) is 5.10 Å². The van der Waals surface area contributed by atoms with Crippen LogP contribution >= 0.6 is 0 Å². The third kappa shape index (κ3) is 4.21. The summed E-state index contributed by atoms with van der Waals surface area (Å²) in [7, 11) is 0. The first-order valence-corrected chi connectivity index (χ1v) is 10.1. The number of aromatic nitrogens is 5. The zero-order valence-corrected chi connectivity index (χ0v) is 17.5. The van der Waals surface area contributed by atoms with E-state index in [1.807, 2.05) is 12.3 Å². The molecule has 1 saturated heterocycles. The van der Waals surface area contributed by atoms with Crippen LogP contribution in [0.5, 0.6) is 0 Å². The summed E-state index contributed by atoms with van der Waals surface area (Å²) in [6.45, 7) is 12.0. The molecule has 4 heterocycles. The molecule has 0 radical (unpaired) electrons. The van der Waals surface area contributed by atoms with Crippen molar-refractivity contribution in [2.75, 3.05) is 19.7 Å². The molecule has 1 aliphatic rings. The topological polar surface area (TPSA) is 69.0 Å². The van der Waals surface area contributed by atoms with Crippen molar-refractivity contribution in [2.24, 2.45) is 0 Å². The predicted octanol–water partition coefficient (Wildman–Crippen LogP) is 3.51. The summed E-state index contributed by atoms with van der Waals surface area (Å²) in [6, 6.07) is 4.48. The van der Waals surface area contributed by atoms with Gasteiger partial charge in [-0.05, 0) is 33.8 Å². The fourth-order valence-electron chi connectivity index (χ4n) is 3.89. The first kappa shape index (κ1) is 19.7. The smallest absolute Gasteiger partial charge is 0.115 e. The average Bonchev–Trinajstić information content (AvgIpc) is 3.03. The van der Waals surface area contributed by atoms with Gasteiger partial charge in [0.15, 0.2) is 0 Å². The Morgan fingerprint density at radius 2 is 1.90 bits per heavy atom. The first-order valence-electron chi connectivity index (χ1n) is 10.1. The van der Waals surface area contributed by atoms with Crippen molar-refractivity contribution in [3.8, 4) is 11.1 Å². The summed E-state index contributed by atoms with van der Waals surface area (Å²) in [5.74, 6) is 0. The molecule has 0 spiro atoms. The van der Waals surface area contributed by atoms with Gasteiger partial charge < -0.3 is 4.74 Å². The molecule has 152 valence electrons. The molecule has 0 amide bonds. The second-order valence-corrected chi connectivity index (χ2v) is 7.88. The van der Waals surface area contributed by atoms with Gasteiger partial charge in [0.1, 0.15) is 12.4 Å². The maximum atomic E-state index is 6.03. The van der Waals surface area contributed by atoms with Crippen molar-refractivity contribution < 1.29 is 4.74 Å². The van der Waals surface area contributed by atoms with Crippen LogP contribution in [0.2, 0.25) is 0 Å². The largest absolute Gasteiger partial charge is 0.369 e. The van der Waals surface area contributed by atoms with Gasteiger partial charge in [-0.25, -0.2) is 9.97 Å². The predicted molar refractivity (Wildman–Crippen MR) is 111 cm³/mol. The molecule has 29 heavy (non-hydrogen) atoms. The molecule has 4 rings (SSSR count). The van der Waals surface area contributed by atoms with Crippen LogP contribution in [-0.4, -0.2) is 49.3 Å². The van der Waals surface area contributed by atoms with Gasteiger partial charge in [-0.15, -0.1) is 0 Å². The van der Waals surface area contributed by atoms with Gasteiger partial charge in [-0.3, -0.25) is 14.6 Å². The van der Waals surface area contributed by atoms with E-state index in [0.717, 1.165) is 42.1 Å². The van der Waals surface area contributed by atoms with Crippen molar-refractivity contribution >= 4 is 0 Å². The number of rotatable bonds is 5. The summed E-state index contributed by atoms with van der Waals surface area (Å²) in [5.41, 5.74) is 6.63. The molecule has 1 aliphatic heterocycles. The first-order chi connectivity index (χ1) is 14.0. The summed E-state index contributed by atoms with van der Waals surface area (Å²) < 4.78 is 8.15. The number of aryl methyl sites for hydroxylation is 1. The van der Waals surface area contributed by atoms with Crippen molar-refractivity contribution in [2.45, 2.75) is 46.4 Å². The summed E-state index contributed by atoms with van der Waals surface area (Å²) >= 11 is 0. The van der Waals surface area contributed by atoms with E-state index in [9.17, 15) is 0 Å². The standard InChI is InChI=1S/C22H28N6O/c1-15(2)28-17(4)20(16(3)26-28)12-27-7-8-29-22(13-27)21-6-5-18(11-25-21)19-9-23-14-24-10-19/h5-6,9-11,14-15,22H,7-8,12-13H2,1-4H3/t22-/m0/s1. The maximum absolute atomic E-state index is 6.03. The third-order valence-corrected chi connectivity index (χ3v) is 5.51. The van der Waals surface area contributed by atoms with Crippen LogP contribution in [0.25, 0.3) is 11.1 Å². The van der Waals surface area contributed by atoms with E-state index >= 15 is 0 Å². The van der Waals surface area contributed by atoms with E-state index in [2.05, 4.69) is 58.3 Å². The molecule has 1 atom stereocenters. The molecule has 3 aromatic heterocycles. The molecule has 7 nitrogen and oxygen atoms in total. The average molecular weight is 393 g/mol. The van der Waals surface area contributed by atoms with Gasteiger partial charge in [0, 0.05) is 66.7 Å². The zero-order valence-electron chi connectivity index (χ0n) is 17.5. The summed E-state index contributed by atoms with van der Waals surface area (Å²) in [4.78, 5) is 15.2. The molecule has 0 bridgehead atoms. The van der Waals surface area contributed by atoms with E-state index in [-0.39, 0.29) is 6.10 Å².